The predicted octanol–water partition coefficient (Wildman–Crippen LogP) is 12.9. The molecular formula is C48H49N. The monoisotopic (exact) mass is 639 g/mol. The molecule has 5 aromatic carbocycles. The average molecular weight is 640 g/mol. The van der Waals surface area contributed by atoms with E-state index < -0.39 is 0 Å². The van der Waals surface area contributed by atoms with E-state index in [2.05, 4.69) is 148 Å². The van der Waals surface area contributed by atoms with Crippen molar-refractivity contribution in [3.8, 4) is 22.3 Å². The van der Waals surface area contributed by atoms with Gasteiger partial charge in [0.1, 0.15) is 0 Å². The molecule has 49 heavy (non-hydrogen) atoms. The summed E-state index contributed by atoms with van der Waals surface area (Å²) >= 11 is 0. The first-order valence-corrected chi connectivity index (χ1v) is 19.1. The fraction of sp³-hybridized carbons (Fsp3) is 0.375. The summed E-state index contributed by atoms with van der Waals surface area (Å²) in [6, 6.07) is 44.5. The lowest BCUT2D eigenvalue weighted by atomic mass is 9.43. The molecule has 6 aliphatic carbocycles. The maximum atomic E-state index is 2.66. The van der Waals surface area contributed by atoms with Gasteiger partial charge in [-0.3, -0.25) is 0 Å². The molecule has 0 aliphatic heterocycles. The smallest absolute Gasteiger partial charge is 0.0543 e. The molecule has 4 bridgehead atoms. The van der Waals surface area contributed by atoms with Crippen molar-refractivity contribution in [3.63, 3.8) is 0 Å². The number of hydrogen-bond donors (Lipinski definition) is 0. The summed E-state index contributed by atoms with van der Waals surface area (Å²) in [5, 5.41) is 0. The summed E-state index contributed by atoms with van der Waals surface area (Å²) in [5.41, 5.74) is 16.1. The van der Waals surface area contributed by atoms with Crippen LogP contribution in [0.3, 0.4) is 0 Å². The number of benzene rings is 5. The summed E-state index contributed by atoms with van der Waals surface area (Å²) in [6.07, 6.45) is 9.47. The van der Waals surface area contributed by atoms with Crippen molar-refractivity contribution in [3.05, 3.63) is 138 Å². The van der Waals surface area contributed by atoms with Gasteiger partial charge in [-0.15, -0.1) is 0 Å². The Hall–Kier alpha value is -4.10. The van der Waals surface area contributed by atoms with Crippen molar-refractivity contribution in [2.24, 2.45) is 23.7 Å². The molecule has 1 nitrogen and oxygen atoms in total. The summed E-state index contributed by atoms with van der Waals surface area (Å²) in [6.45, 7) is 9.87. The fourth-order valence-electron chi connectivity index (χ4n) is 12.1. The zero-order valence-electron chi connectivity index (χ0n) is 29.7. The van der Waals surface area contributed by atoms with Crippen molar-refractivity contribution in [2.75, 3.05) is 4.90 Å². The Kier molecular flexibility index (Phi) is 6.36. The Balaban J connectivity index is 1.28. The summed E-state index contributed by atoms with van der Waals surface area (Å²) in [5.74, 6) is 3.32. The van der Waals surface area contributed by atoms with Crippen LogP contribution in [0.1, 0.15) is 94.9 Å². The second kappa shape index (κ2) is 10.5. The molecule has 5 aromatic rings. The van der Waals surface area contributed by atoms with Gasteiger partial charge >= 0.3 is 0 Å². The van der Waals surface area contributed by atoms with Crippen LogP contribution < -0.4 is 4.90 Å². The second-order valence-corrected chi connectivity index (χ2v) is 17.6. The van der Waals surface area contributed by atoms with E-state index in [1.54, 1.807) is 11.1 Å². The molecular weight excluding hydrogens is 591 g/mol. The van der Waals surface area contributed by atoms with Gasteiger partial charge in [-0.25, -0.2) is 0 Å². The normalized spacial score (nSPS) is 27.8. The molecule has 0 aromatic heterocycles. The fourth-order valence-corrected chi connectivity index (χ4v) is 12.1. The summed E-state index contributed by atoms with van der Waals surface area (Å²) in [7, 11) is 0. The molecule has 0 amide bonds. The molecule has 1 spiro atoms. The van der Waals surface area contributed by atoms with Crippen LogP contribution in [-0.2, 0) is 16.2 Å². The molecule has 0 unspecified atom stereocenters. The van der Waals surface area contributed by atoms with Crippen LogP contribution in [0.25, 0.3) is 22.3 Å². The van der Waals surface area contributed by atoms with Crippen molar-refractivity contribution >= 4 is 17.1 Å². The SMILES string of the molecule is CC1(C)CCC(C)(C)c2c(N(c3ccccc3)c3cccc4c3-c3cc(-c5ccccc5)ccc3C43C4CC5CC(C4)CC3C5)cccc21. The molecule has 246 valence electrons. The average Bonchev–Trinajstić information content (AvgIpc) is 3.41. The highest BCUT2D eigenvalue weighted by molar-refractivity contribution is 5.97. The minimum absolute atomic E-state index is 0.0768. The van der Waals surface area contributed by atoms with Crippen LogP contribution in [0.4, 0.5) is 17.1 Å². The van der Waals surface area contributed by atoms with E-state index >= 15 is 0 Å². The first-order chi connectivity index (χ1) is 23.8. The Morgan fingerprint density at radius 3 is 1.82 bits per heavy atom. The number of nitrogens with zero attached hydrogens (tertiary/aromatic N) is 1. The third kappa shape index (κ3) is 4.17. The van der Waals surface area contributed by atoms with Gasteiger partial charge in [0.05, 0.1) is 11.4 Å². The van der Waals surface area contributed by atoms with Crippen LogP contribution in [0.15, 0.2) is 115 Å². The second-order valence-electron chi connectivity index (χ2n) is 17.6. The van der Waals surface area contributed by atoms with E-state index in [9.17, 15) is 0 Å². The van der Waals surface area contributed by atoms with Crippen molar-refractivity contribution in [1.82, 2.24) is 0 Å². The Morgan fingerprint density at radius 1 is 0.510 bits per heavy atom. The van der Waals surface area contributed by atoms with Gasteiger partial charge in [-0.1, -0.05) is 113 Å². The van der Waals surface area contributed by atoms with Gasteiger partial charge in [0.15, 0.2) is 0 Å². The molecule has 6 aliphatic rings. The maximum Gasteiger partial charge on any atom is 0.0543 e. The molecule has 0 atom stereocenters. The number of anilines is 3. The number of para-hydroxylation sites is 1. The quantitative estimate of drug-likeness (QED) is 0.189. The van der Waals surface area contributed by atoms with E-state index in [4.69, 9.17) is 0 Å². The largest absolute Gasteiger partial charge is 0.310 e. The van der Waals surface area contributed by atoms with Gasteiger partial charge in [0.25, 0.3) is 0 Å². The van der Waals surface area contributed by atoms with Crippen LogP contribution in [0.2, 0.25) is 0 Å². The number of hydrogen-bond acceptors (Lipinski definition) is 1. The standard InChI is InChI=1S/C48H49N/c1-46(2)23-24-47(3,4)45-41(46)18-12-20-43(45)49(37-15-9-6-10-16-37)42-19-11-17-40-44(42)38-30-34(33-13-7-5-8-14-33)21-22-39(38)48(40)35-26-31-25-32(28-35)29-36(48)27-31/h5-22,30-32,35-36H,23-29H2,1-4H3. The zero-order chi connectivity index (χ0) is 33.1. The Bertz CT molecular complexity index is 2060. The zero-order valence-corrected chi connectivity index (χ0v) is 29.7. The van der Waals surface area contributed by atoms with Crippen LogP contribution >= 0.6 is 0 Å². The molecule has 0 radical (unpaired) electrons. The van der Waals surface area contributed by atoms with Crippen molar-refractivity contribution in [1.29, 1.82) is 0 Å². The Morgan fingerprint density at radius 2 is 1.12 bits per heavy atom. The third-order valence-corrected chi connectivity index (χ3v) is 14.1. The summed E-state index contributed by atoms with van der Waals surface area (Å²) < 4.78 is 0. The highest BCUT2D eigenvalue weighted by Crippen LogP contribution is 2.70. The highest BCUT2D eigenvalue weighted by atomic mass is 15.1. The molecule has 4 fully saturated rings. The molecule has 0 N–H and O–H groups in total. The lowest BCUT2D eigenvalue weighted by molar-refractivity contribution is -0.0399. The van der Waals surface area contributed by atoms with E-state index in [1.165, 1.54) is 95.4 Å². The maximum absolute atomic E-state index is 2.66. The number of fused-ring (bicyclic) bond motifs is 4. The van der Waals surface area contributed by atoms with Gasteiger partial charge in [-0.2, -0.15) is 0 Å². The first-order valence-electron chi connectivity index (χ1n) is 19.1. The van der Waals surface area contributed by atoms with E-state index in [1.807, 2.05) is 0 Å². The van der Waals surface area contributed by atoms with Gasteiger partial charge in [0, 0.05) is 16.7 Å². The minimum Gasteiger partial charge on any atom is -0.310 e. The van der Waals surface area contributed by atoms with Gasteiger partial charge in [-0.05, 0) is 149 Å². The molecule has 0 heterocycles. The van der Waals surface area contributed by atoms with E-state index in [-0.39, 0.29) is 16.2 Å². The highest BCUT2D eigenvalue weighted by Gasteiger charge is 2.62. The molecule has 1 heteroatoms. The van der Waals surface area contributed by atoms with Crippen molar-refractivity contribution < 1.29 is 0 Å². The molecule has 4 saturated carbocycles. The van der Waals surface area contributed by atoms with Crippen molar-refractivity contribution in [2.45, 2.75) is 88.9 Å². The van der Waals surface area contributed by atoms with Gasteiger partial charge < -0.3 is 4.90 Å². The first kappa shape index (κ1) is 29.8. The summed E-state index contributed by atoms with van der Waals surface area (Å²) in [4.78, 5) is 2.66. The molecule has 11 rings (SSSR count). The lowest BCUT2D eigenvalue weighted by Gasteiger charge is -2.61. The van der Waals surface area contributed by atoms with E-state index in [0.717, 1.165) is 23.7 Å². The Labute approximate surface area is 293 Å². The van der Waals surface area contributed by atoms with Crippen LogP contribution in [0.5, 0.6) is 0 Å². The minimum atomic E-state index is 0.0768. The van der Waals surface area contributed by atoms with Crippen LogP contribution in [-0.4, -0.2) is 0 Å². The van der Waals surface area contributed by atoms with Crippen LogP contribution in [0, 0.1) is 23.7 Å². The lowest BCUT2D eigenvalue weighted by Crippen LogP contribution is -2.55. The van der Waals surface area contributed by atoms with E-state index in [0.29, 0.717) is 0 Å². The predicted molar refractivity (Wildman–Crippen MR) is 205 cm³/mol. The van der Waals surface area contributed by atoms with Gasteiger partial charge in [0.2, 0.25) is 0 Å². The molecule has 0 saturated heterocycles. The topological polar surface area (TPSA) is 3.24 Å². The third-order valence-electron chi connectivity index (χ3n) is 14.1. The number of rotatable bonds is 4.